The van der Waals surface area contributed by atoms with Gasteiger partial charge in [-0.1, -0.05) is 18.2 Å². The van der Waals surface area contributed by atoms with Crippen molar-refractivity contribution < 1.29 is 18.4 Å². The van der Waals surface area contributed by atoms with Gasteiger partial charge in [-0.15, -0.1) is 0 Å². The van der Waals surface area contributed by atoms with E-state index in [9.17, 15) is 9.59 Å². The van der Waals surface area contributed by atoms with Crippen LogP contribution in [-0.4, -0.2) is 12.5 Å². The summed E-state index contributed by atoms with van der Waals surface area (Å²) in [7, 11) is 0. The molecule has 4 aromatic rings. The Bertz CT molecular complexity index is 1120. The van der Waals surface area contributed by atoms with Gasteiger partial charge < -0.3 is 19.3 Å². The number of para-hydroxylation sites is 1. The van der Waals surface area contributed by atoms with E-state index in [1.807, 2.05) is 24.3 Å². The number of rotatable bonds is 3. The molecule has 0 fully saturated rings. The molecular formula is C19H13NO5. The topological polar surface area (TPSA) is 95.7 Å². The lowest BCUT2D eigenvalue weighted by atomic mass is 10.1. The molecule has 0 spiro atoms. The van der Waals surface area contributed by atoms with Crippen molar-refractivity contribution in [3.05, 3.63) is 65.0 Å². The minimum Gasteiger partial charge on any atom is -0.463 e. The van der Waals surface area contributed by atoms with Crippen LogP contribution in [0.2, 0.25) is 0 Å². The first-order valence-electron chi connectivity index (χ1n) is 7.61. The van der Waals surface area contributed by atoms with E-state index in [4.69, 9.17) is 19.3 Å². The Morgan fingerprint density at radius 3 is 2.72 bits per heavy atom. The molecule has 0 unspecified atom stereocenters. The molecule has 0 saturated carbocycles. The van der Waals surface area contributed by atoms with Crippen LogP contribution < -0.4 is 15.9 Å². The molecule has 4 rings (SSSR count). The summed E-state index contributed by atoms with van der Waals surface area (Å²) in [5.74, 6) is 0.138. The van der Waals surface area contributed by atoms with E-state index in [-0.39, 0.29) is 17.7 Å². The van der Waals surface area contributed by atoms with Crippen LogP contribution in [0.1, 0.15) is 0 Å². The Hall–Kier alpha value is -3.38. The molecule has 6 nitrogen and oxygen atoms in total. The van der Waals surface area contributed by atoms with Crippen LogP contribution in [-0.2, 0) is 4.79 Å². The molecule has 2 heterocycles. The van der Waals surface area contributed by atoms with Crippen molar-refractivity contribution in [3.8, 4) is 17.1 Å². The highest BCUT2D eigenvalue weighted by molar-refractivity contribution is 5.86. The maximum atomic E-state index is 12.7. The van der Waals surface area contributed by atoms with E-state index in [0.29, 0.717) is 27.9 Å². The predicted molar refractivity (Wildman–Crippen MR) is 92.4 cm³/mol. The van der Waals surface area contributed by atoms with Crippen LogP contribution in [0.4, 0.5) is 0 Å². The third-order valence-corrected chi connectivity index (χ3v) is 3.84. The lowest BCUT2D eigenvalue weighted by Gasteiger charge is -2.04. The van der Waals surface area contributed by atoms with E-state index >= 15 is 0 Å². The van der Waals surface area contributed by atoms with Crippen molar-refractivity contribution in [2.45, 2.75) is 0 Å². The fourth-order valence-corrected chi connectivity index (χ4v) is 2.63. The molecule has 2 aromatic heterocycles. The molecule has 124 valence electrons. The molecule has 0 aliphatic carbocycles. The van der Waals surface area contributed by atoms with Gasteiger partial charge in [0.05, 0.1) is 11.9 Å². The summed E-state index contributed by atoms with van der Waals surface area (Å²) >= 11 is 0. The fraction of sp³-hybridized carbons (Fsp3) is 0.0526. The molecule has 2 N–H and O–H groups in total. The summed E-state index contributed by atoms with van der Waals surface area (Å²) in [6.45, 7) is -0.229. The SMILES string of the molecule is NCC(=O)Oc1ccc2c(=O)c(-c3cc4ccccc4o3)coc2c1. The third-order valence-electron chi connectivity index (χ3n) is 3.84. The van der Waals surface area contributed by atoms with Gasteiger partial charge in [-0.25, -0.2) is 0 Å². The van der Waals surface area contributed by atoms with Gasteiger partial charge in [-0.05, 0) is 24.3 Å². The van der Waals surface area contributed by atoms with Crippen LogP contribution in [0.15, 0.2) is 68.4 Å². The number of ether oxygens (including phenoxy) is 1. The van der Waals surface area contributed by atoms with Gasteiger partial charge in [-0.2, -0.15) is 0 Å². The van der Waals surface area contributed by atoms with Crippen molar-refractivity contribution >= 4 is 27.9 Å². The Morgan fingerprint density at radius 2 is 1.92 bits per heavy atom. The van der Waals surface area contributed by atoms with Gasteiger partial charge in [0.15, 0.2) is 0 Å². The fourth-order valence-electron chi connectivity index (χ4n) is 2.63. The number of carbonyl (C=O) groups is 1. The monoisotopic (exact) mass is 335 g/mol. The quantitative estimate of drug-likeness (QED) is 0.456. The average molecular weight is 335 g/mol. The molecule has 25 heavy (non-hydrogen) atoms. The molecule has 0 atom stereocenters. The summed E-state index contributed by atoms with van der Waals surface area (Å²) in [4.78, 5) is 24.0. The first-order valence-corrected chi connectivity index (χ1v) is 7.61. The lowest BCUT2D eigenvalue weighted by Crippen LogP contribution is -2.19. The number of esters is 1. The highest BCUT2D eigenvalue weighted by atomic mass is 16.5. The lowest BCUT2D eigenvalue weighted by molar-refractivity contribution is -0.132. The van der Waals surface area contributed by atoms with Crippen LogP contribution in [0.25, 0.3) is 33.3 Å². The van der Waals surface area contributed by atoms with Crippen molar-refractivity contribution in [1.82, 2.24) is 0 Å². The van der Waals surface area contributed by atoms with E-state index < -0.39 is 5.97 Å². The van der Waals surface area contributed by atoms with E-state index in [0.717, 1.165) is 5.39 Å². The standard InChI is InChI=1S/C19H13NO5/c20-9-18(21)24-12-5-6-13-16(8-12)23-10-14(19(13)22)17-7-11-3-1-2-4-15(11)25-17/h1-8,10H,9,20H2. The Balaban J connectivity index is 1.81. The summed E-state index contributed by atoms with van der Waals surface area (Å²) in [6, 6.07) is 13.8. The number of benzene rings is 2. The highest BCUT2D eigenvalue weighted by Crippen LogP contribution is 2.28. The minimum absolute atomic E-state index is 0.225. The second-order valence-corrected chi connectivity index (χ2v) is 5.46. The van der Waals surface area contributed by atoms with E-state index in [2.05, 4.69) is 0 Å². The van der Waals surface area contributed by atoms with Gasteiger partial charge in [0.2, 0.25) is 5.43 Å². The molecular weight excluding hydrogens is 322 g/mol. The molecule has 2 aromatic carbocycles. The smallest absolute Gasteiger partial charge is 0.325 e. The zero-order valence-electron chi connectivity index (χ0n) is 13.0. The predicted octanol–water partition coefficient (Wildman–Crippen LogP) is 3.07. The van der Waals surface area contributed by atoms with Crippen molar-refractivity contribution in [2.75, 3.05) is 6.54 Å². The summed E-state index contributed by atoms with van der Waals surface area (Å²) < 4.78 is 16.3. The largest absolute Gasteiger partial charge is 0.463 e. The maximum Gasteiger partial charge on any atom is 0.325 e. The molecule has 0 aliphatic rings. The first-order chi connectivity index (χ1) is 12.2. The van der Waals surface area contributed by atoms with Crippen LogP contribution >= 0.6 is 0 Å². The third kappa shape index (κ3) is 2.68. The summed E-state index contributed by atoms with van der Waals surface area (Å²) in [6.07, 6.45) is 1.34. The van der Waals surface area contributed by atoms with Crippen LogP contribution in [0.3, 0.4) is 0 Å². The number of fused-ring (bicyclic) bond motifs is 2. The summed E-state index contributed by atoms with van der Waals surface area (Å²) in [5.41, 5.74) is 6.33. The van der Waals surface area contributed by atoms with Gasteiger partial charge >= 0.3 is 5.97 Å². The maximum absolute atomic E-state index is 12.7. The van der Waals surface area contributed by atoms with Crippen molar-refractivity contribution in [1.29, 1.82) is 0 Å². The minimum atomic E-state index is -0.569. The molecule has 0 radical (unpaired) electrons. The average Bonchev–Trinajstić information content (AvgIpc) is 3.05. The summed E-state index contributed by atoms with van der Waals surface area (Å²) in [5, 5.41) is 1.27. The van der Waals surface area contributed by atoms with E-state index in [1.54, 1.807) is 12.1 Å². The van der Waals surface area contributed by atoms with Crippen LogP contribution in [0.5, 0.6) is 5.75 Å². The molecule has 0 bridgehead atoms. The zero-order valence-corrected chi connectivity index (χ0v) is 13.0. The van der Waals surface area contributed by atoms with Crippen LogP contribution in [0, 0.1) is 0 Å². The zero-order chi connectivity index (χ0) is 17.4. The Morgan fingerprint density at radius 1 is 1.08 bits per heavy atom. The van der Waals surface area contributed by atoms with Gasteiger partial charge in [0, 0.05) is 11.5 Å². The van der Waals surface area contributed by atoms with E-state index in [1.165, 1.54) is 18.4 Å². The van der Waals surface area contributed by atoms with Gasteiger partial charge in [0.25, 0.3) is 0 Å². The molecule has 0 saturated heterocycles. The highest BCUT2D eigenvalue weighted by Gasteiger charge is 2.14. The molecule has 6 heteroatoms. The molecule has 0 amide bonds. The number of furan rings is 1. The van der Waals surface area contributed by atoms with Crippen molar-refractivity contribution in [2.24, 2.45) is 5.73 Å². The van der Waals surface area contributed by atoms with Gasteiger partial charge in [0.1, 0.15) is 34.5 Å². The molecule has 0 aliphatic heterocycles. The van der Waals surface area contributed by atoms with Gasteiger partial charge in [-0.3, -0.25) is 9.59 Å². The number of nitrogens with two attached hydrogens (primary N) is 1. The second-order valence-electron chi connectivity index (χ2n) is 5.46. The van der Waals surface area contributed by atoms with Crippen molar-refractivity contribution in [3.63, 3.8) is 0 Å². The Labute approximate surface area is 141 Å². The Kier molecular flexibility index (Phi) is 3.59. The number of hydrogen-bond donors (Lipinski definition) is 1. The number of carbonyl (C=O) groups excluding carboxylic acids is 1. The number of hydrogen-bond acceptors (Lipinski definition) is 6. The normalized spacial score (nSPS) is 11.1. The second kappa shape index (κ2) is 5.92. The first kappa shape index (κ1) is 15.2.